The highest BCUT2D eigenvalue weighted by Crippen LogP contribution is 2.17. The molecule has 1 aliphatic heterocycles. The van der Waals surface area contributed by atoms with Crippen molar-refractivity contribution in [3.63, 3.8) is 0 Å². The van der Waals surface area contributed by atoms with Gasteiger partial charge in [0.05, 0.1) is 0 Å². The Bertz CT molecular complexity index is 662. The summed E-state index contributed by atoms with van der Waals surface area (Å²) in [6, 6.07) is 9.94. The maximum absolute atomic E-state index is 12.3. The fourth-order valence-corrected chi connectivity index (χ4v) is 3.66. The number of nitrogens with one attached hydrogen (secondary N) is 1. The molecular weight excluding hydrogens is 324 g/mol. The molecule has 1 saturated heterocycles. The number of carbonyl (C=O) groups excluding carboxylic acids is 1. The molecule has 2 amide bonds. The summed E-state index contributed by atoms with van der Waals surface area (Å²) in [6.07, 6.45) is 1.57. The van der Waals surface area contributed by atoms with Gasteiger partial charge in [0.1, 0.15) is 0 Å². The molecule has 128 valence electrons. The van der Waals surface area contributed by atoms with Gasteiger partial charge in [-0.3, -0.25) is 0 Å². The van der Waals surface area contributed by atoms with Crippen molar-refractivity contribution in [1.82, 2.24) is 20.4 Å². The lowest BCUT2D eigenvalue weighted by Crippen LogP contribution is -2.46. The predicted molar refractivity (Wildman–Crippen MR) is 94.9 cm³/mol. The molecule has 2 aromatic rings. The van der Waals surface area contributed by atoms with Gasteiger partial charge in [-0.15, -0.1) is 10.2 Å². The van der Waals surface area contributed by atoms with E-state index in [-0.39, 0.29) is 12.1 Å². The molecule has 1 fully saturated rings. The summed E-state index contributed by atoms with van der Waals surface area (Å²) < 4.78 is 5.65. The highest BCUT2D eigenvalue weighted by molar-refractivity contribution is 7.99. The molecule has 1 aromatic heterocycles. The highest BCUT2D eigenvalue weighted by atomic mass is 32.2. The minimum absolute atomic E-state index is 0.00667. The zero-order valence-electron chi connectivity index (χ0n) is 13.8. The minimum atomic E-state index is -0.00667. The third-order valence-electron chi connectivity index (χ3n) is 4.05. The average Bonchev–Trinajstić information content (AvgIpc) is 2.97. The molecule has 1 atom stereocenters. The molecular formula is C17H22N4O2S. The molecule has 0 aliphatic carbocycles. The van der Waals surface area contributed by atoms with Gasteiger partial charge in [-0.05, 0) is 31.2 Å². The first-order valence-electron chi connectivity index (χ1n) is 8.24. The quantitative estimate of drug-likeness (QED) is 0.922. The Balaban J connectivity index is 1.49. The molecule has 0 spiro atoms. The molecule has 0 bridgehead atoms. The molecule has 1 aromatic carbocycles. The van der Waals surface area contributed by atoms with Crippen LogP contribution in [0.3, 0.4) is 0 Å². The van der Waals surface area contributed by atoms with Gasteiger partial charge in [-0.2, -0.15) is 11.8 Å². The Morgan fingerprint density at radius 1 is 1.33 bits per heavy atom. The first kappa shape index (κ1) is 16.8. The van der Waals surface area contributed by atoms with E-state index in [2.05, 4.69) is 22.4 Å². The van der Waals surface area contributed by atoms with Gasteiger partial charge in [0, 0.05) is 36.9 Å². The summed E-state index contributed by atoms with van der Waals surface area (Å²) in [5.74, 6) is 3.17. The van der Waals surface area contributed by atoms with Crippen molar-refractivity contribution in [2.45, 2.75) is 25.8 Å². The van der Waals surface area contributed by atoms with E-state index in [0.717, 1.165) is 30.0 Å². The van der Waals surface area contributed by atoms with Crippen LogP contribution in [0.25, 0.3) is 11.5 Å². The Kier molecular flexibility index (Phi) is 5.74. The second-order valence-electron chi connectivity index (χ2n) is 5.79. The van der Waals surface area contributed by atoms with Crippen molar-refractivity contribution >= 4 is 17.8 Å². The fraction of sp³-hybridized carbons (Fsp3) is 0.471. The minimum Gasteiger partial charge on any atom is -0.421 e. The van der Waals surface area contributed by atoms with E-state index in [1.165, 1.54) is 0 Å². The normalized spacial score (nSPS) is 18.2. The van der Waals surface area contributed by atoms with Crippen LogP contribution in [0.15, 0.2) is 34.7 Å². The van der Waals surface area contributed by atoms with E-state index in [4.69, 9.17) is 4.42 Å². The molecule has 7 heteroatoms. The lowest BCUT2D eigenvalue weighted by molar-refractivity contribution is 0.183. The average molecular weight is 346 g/mol. The SMILES string of the molecule is C[C@H]1CCSCCN1C(=O)NCCc1nnc(-c2ccccc2)o1. The summed E-state index contributed by atoms with van der Waals surface area (Å²) in [7, 11) is 0. The molecule has 6 nitrogen and oxygen atoms in total. The van der Waals surface area contributed by atoms with Crippen molar-refractivity contribution in [3.8, 4) is 11.5 Å². The summed E-state index contributed by atoms with van der Waals surface area (Å²) in [5, 5.41) is 11.1. The van der Waals surface area contributed by atoms with Crippen LogP contribution in [0.2, 0.25) is 0 Å². The molecule has 24 heavy (non-hydrogen) atoms. The van der Waals surface area contributed by atoms with E-state index in [1.807, 2.05) is 47.0 Å². The zero-order valence-corrected chi connectivity index (χ0v) is 14.6. The number of carbonyl (C=O) groups is 1. The van der Waals surface area contributed by atoms with Crippen molar-refractivity contribution in [1.29, 1.82) is 0 Å². The predicted octanol–water partition coefficient (Wildman–Crippen LogP) is 2.82. The molecule has 0 saturated carbocycles. The summed E-state index contributed by atoms with van der Waals surface area (Å²) in [5.41, 5.74) is 0.899. The Morgan fingerprint density at radius 2 is 2.17 bits per heavy atom. The Hall–Kier alpha value is -2.02. The molecule has 1 aliphatic rings. The van der Waals surface area contributed by atoms with Crippen molar-refractivity contribution in [3.05, 3.63) is 36.2 Å². The topological polar surface area (TPSA) is 71.3 Å². The van der Waals surface area contributed by atoms with E-state index in [0.29, 0.717) is 24.7 Å². The van der Waals surface area contributed by atoms with Crippen LogP contribution in [0.1, 0.15) is 19.2 Å². The van der Waals surface area contributed by atoms with Gasteiger partial charge in [-0.25, -0.2) is 4.79 Å². The number of urea groups is 1. The number of aromatic nitrogens is 2. The summed E-state index contributed by atoms with van der Waals surface area (Å²) in [4.78, 5) is 14.2. The van der Waals surface area contributed by atoms with Gasteiger partial charge < -0.3 is 14.6 Å². The largest absolute Gasteiger partial charge is 0.421 e. The first-order valence-corrected chi connectivity index (χ1v) is 9.39. The molecule has 3 rings (SSSR count). The number of rotatable bonds is 4. The first-order chi connectivity index (χ1) is 11.7. The highest BCUT2D eigenvalue weighted by Gasteiger charge is 2.21. The Morgan fingerprint density at radius 3 is 3.00 bits per heavy atom. The number of thioether (sulfide) groups is 1. The fourth-order valence-electron chi connectivity index (χ4n) is 2.63. The van der Waals surface area contributed by atoms with Gasteiger partial charge >= 0.3 is 6.03 Å². The number of hydrogen-bond acceptors (Lipinski definition) is 5. The van der Waals surface area contributed by atoms with E-state index in [9.17, 15) is 4.79 Å². The molecule has 0 radical (unpaired) electrons. The number of nitrogens with zero attached hydrogens (tertiary/aromatic N) is 3. The molecule has 0 unspecified atom stereocenters. The Labute approximate surface area is 146 Å². The van der Waals surface area contributed by atoms with Gasteiger partial charge in [-0.1, -0.05) is 18.2 Å². The van der Waals surface area contributed by atoms with Crippen molar-refractivity contribution in [2.24, 2.45) is 0 Å². The van der Waals surface area contributed by atoms with E-state index in [1.54, 1.807) is 0 Å². The third kappa shape index (κ3) is 4.29. The van der Waals surface area contributed by atoms with Crippen molar-refractivity contribution < 1.29 is 9.21 Å². The second kappa shape index (κ2) is 8.19. The van der Waals surface area contributed by atoms with Crippen LogP contribution < -0.4 is 5.32 Å². The van der Waals surface area contributed by atoms with Gasteiger partial charge in [0.15, 0.2) is 0 Å². The van der Waals surface area contributed by atoms with Crippen LogP contribution >= 0.6 is 11.8 Å². The van der Waals surface area contributed by atoms with Crippen LogP contribution in [0.4, 0.5) is 4.79 Å². The van der Waals surface area contributed by atoms with Crippen molar-refractivity contribution in [2.75, 3.05) is 24.6 Å². The van der Waals surface area contributed by atoms with Crippen LogP contribution in [-0.2, 0) is 6.42 Å². The lowest BCUT2D eigenvalue weighted by atomic mass is 10.2. The lowest BCUT2D eigenvalue weighted by Gasteiger charge is -2.26. The summed E-state index contributed by atoms with van der Waals surface area (Å²) in [6.45, 7) is 3.40. The van der Waals surface area contributed by atoms with Crippen LogP contribution in [-0.4, -0.2) is 51.8 Å². The maximum atomic E-state index is 12.3. The van der Waals surface area contributed by atoms with Gasteiger partial charge in [0.2, 0.25) is 11.8 Å². The van der Waals surface area contributed by atoms with Crippen LogP contribution in [0, 0.1) is 0 Å². The number of benzene rings is 1. The standard InChI is InChI=1S/C17H22N4O2S/c1-13-8-11-24-12-10-21(13)17(22)18-9-7-15-19-20-16(23-15)14-5-3-2-4-6-14/h2-6,13H,7-12H2,1H3,(H,18,22)/t13-/m0/s1. The van der Waals surface area contributed by atoms with Gasteiger partial charge in [0.25, 0.3) is 0 Å². The van der Waals surface area contributed by atoms with Crippen LogP contribution in [0.5, 0.6) is 0 Å². The monoisotopic (exact) mass is 346 g/mol. The molecule has 2 heterocycles. The molecule has 1 N–H and O–H groups in total. The second-order valence-corrected chi connectivity index (χ2v) is 7.02. The number of hydrogen-bond donors (Lipinski definition) is 1. The maximum Gasteiger partial charge on any atom is 0.317 e. The third-order valence-corrected chi connectivity index (χ3v) is 5.05. The number of amides is 2. The van der Waals surface area contributed by atoms with E-state index >= 15 is 0 Å². The van der Waals surface area contributed by atoms with E-state index < -0.39 is 0 Å². The zero-order chi connectivity index (χ0) is 16.8. The summed E-state index contributed by atoms with van der Waals surface area (Å²) >= 11 is 1.91. The smallest absolute Gasteiger partial charge is 0.317 e.